The minimum Gasteiger partial charge on any atom is -0.382 e. The number of rotatable bonds is 8. The Balaban J connectivity index is 1.85. The van der Waals surface area contributed by atoms with Gasteiger partial charge in [-0.05, 0) is 17.7 Å². The summed E-state index contributed by atoms with van der Waals surface area (Å²) in [6.07, 6.45) is 3.35. The summed E-state index contributed by atoms with van der Waals surface area (Å²) in [6, 6.07) is 3.15. The normalized spacial score (nSPS) is 17.5. The van der Waals surface area contributed by atoms with Crippen molar-refractivity contribution in [2.75, 3.05) is 46.6 Å². The molecule has 1 atom stereocenters. The number of aromatic nitrogens is 1. The third-order valence-electron chi connectivity index (χ3n) is 3.74. The molecule has 1 aliphatic rings. The molecular formula is C16H24N4O4. The van der Waals surface area contributed by atoms with E-state index in [2.05, 4.69) is 15.6 Å². The molecular weight excluding hydrogens is 312 g/mol. The fourth-order valence-electron chi connectivity index (χ4n) is 2.43. The lowest BCUT2D eigenvalue weighted by Gasteiger charge is -2.35. The standard InChI is InChI=1S/C16H24N4O4/c1-23-8-9-24-12-15(21)20-7-6-18-11-14(20)16(22)19-10-13-2-4-17-5-3-13/h2-5,14,18H,6-12H2,1H3,(H,19,22). The summed E-state index contributed by atoms with van der Waals surface area (Å²) in [5.74, 6) is -0.360. The number of piperazine rings is 1. The Morgan fingerprint density at radius 2 is 2.17 bits per heavy atom. The van der Waals surface area contributed by atoms with Crippen molar-refractivity contribution in [2.24, 2.45) is 0 Å². The number of pyridine rings is 1. The van der Waals surface area contributed by atoms with Crippen molar-refractivity contribution in [3.8, 4) is 0 Å². The fraction of sp³-hybridized carbons (Fsp3) is 0.562. The van der Waals surface area contributed by atoms with Gasteiger partial charge in [0.15, 0.2) is 0 Å². The van der Waals surface area contributed by atoms with Crippen LogP contribution < -0.4 is 10.6 Å². The number of carbonyl (C=O) groups is 2. The Hall–Kier alpha value is -2.03. The van der Waals surface area contributed by atoms with E-state index < -0.39 is 6.04 Å². The van der Waals surface area contributed by atoms with E-state index in [0.29, 0.717) is 39.4 Å². The van der Waals surface area contributed by atoms with Crippen LogP contribution in [0.4, 0.5) is 0 Å². The Morgan fingerprint density at radius 1 is 1.38 bits per heavy atom. The maximum absolute atomic E-state index is 12.4. The SMILES string of the molecule is COCCOCC(=O)N1CCNCC1C(=O)NCc1ccncc1. The molecule has 8 heteroatoms. The molecule has 2 heterocycles. The zero-order valence-electron chi connectivity index (χ0n) is 13.9. The smallest absolute Gasteiger partial charge is 0.249 e. The van der Waals surface area contributed by atoms with Crippen LogP contribution in [0.5, 0.6) is 0 Å². The van der Waals surface area contributed by atoms with Crippen molar-refractivity contribution >= 4 is 11.8 Å². The van der Waals surface area contributed by atoms with Crippen LogP contribution in [0.1, 0.15) is 5.56 Å². The van der Waals surface area contributed by atoms with E-state index in [0.717, 1.165) is 5.56 Å². The number of carbonyl (C=O) groups excluding carboxylic acids is 2. The second-order valence-electron chi connectivity index (χ2n) is 5.43. The zero-order valence-corrected chi connectivity index (χ0v) is 13.9. The molecule has 1 aromatic heterocycles. The molecule has 2 rings (SSSR count). The largest absolute Gasteiger partial charge is 0.382 e. The van der Waals surface area contributed by atoms with Crippen LogP contribution in [-0.2, 0) is 25.6 Å². The molecule has 1 fully saturated rings. The van der Waals surface area contributed by atoms with Crippen molar-refractivity contribution in [3.05, 3.63) is 30.1 Å². The van der Waals surface area contributed by atoms with E-state index in [4.69, 9.17) is 9.47 Å². The Bertz CT molecular complexity index is 526. The molecule has 1 aliphatic heterocycles. The maximum atomic E-state index is 12.4. The first-order valence-electron chi connectivity index (χ1n) is 7.96. The number of hydrogen-bond acceptors (Lipinski definition) is 6. The highest BCUT2D eigenvalue weighted by atomic mass is 16.5. The average Bonchev–Trinajstić information content (AvgIpc) is 2.64. The summed E-state index contributed by atoms with van der Waals surface area (Å²) >= 11 is 0. The maximum Gasteiger partial charge on any atom is 0.249 e. The summed E-state index contributed by atoms with van der Waals surface area (Å²) in [7, 11) is 1.57. The van der Waals surface area contributed by atoms with Crippen LogP contribution in [0.25, 0.3) is 0 Å². The van der Waals surface area contributed by atoms with E-state index in [1.807, 2.05) is 12.1 Å². The minimum absolute atomic E-state index is 0.0442. The van der Waals surface area contributed by atoms with Gasteiger partial charge >= 0.3 is 0 Å². The first-order valence-corrected chi connectivity index (χ1v) is 7.96. The highest BCUT2D eigenvalue weighted by Gasteiger charge is 2.31. The number of nitrogens with zero attached hydrogens (tertiary/aromatic N) is 2. The van der Waals surface area contributed by atoms with Crippen molar-refractivity contribution in [1.29, 1.82) is 0 Å². The lowest BCUT2D eigenvalue weighted by Crippen LogP contribution is -2.60. The summed E-state index contributed by atoms with van der Waals surface area (Å²) in [4.78, 5) is 30.3. The molecule has 1 unspecified atom stereocenters. The topological polar surface area (TPSA) is 92.8 Å². The number of methoxy groups -OCH3 is 1. The fourth-order valence-corrected chi connectivity index (χ4v) is 2.43. The predicted octanol–water partition coefficient (Wildman–Crippen LogP) is -0.839. The third-order valence-corrected chi connectivity index (χ3v) is 3.74. The molecule has 0 spiro atoms. The minimum atomic E-state index is -0.529. The van der Waals surface area contributed by atoms with Gasteiger partial charge in [-0.1, -0.05) is 0 Å². The summed E-state index contributed by atoms with van der Waals surface area (Å²) < 4.78 is 10.1. The van der Waals surface area contributed by atoms with E-state index in [9.17, 15) is 9.59 Å². The monoisotopic (exact) mass is 336 g/mol. The Labute approximate surface area is 141 Å². The van der Waals surface area contributed by atoms with Gasteiger partial charge in [-0.15, -0.1) is 0 Å². The molecule has 24 heavy (non-hydrogen) atoms. The molecule has 0 aromatic carbocycles. The van der Waals surface area contributed by atoms with Gasteiger partial charge in [0.05, 0.1) is 13.2 Å². The van der Waals surface area contributed by atoms with Gasteiger partial charge in [-0.25, -0.2) is 0 Å². The number of nitrogens with one attached hydrogen (secondary N) is 2. The zero-order chi connectivity index (χ0) is 17.2. The van der Waals surface area contributed by atoms with Gasteiger partial charge in [0.2, 0.25) is 11.8 Å². The first kappa shape index (κ1) is 18.3. The van der Waals surface area contributed by atoms with Gasteiger partial charge in [0.25, 0.3) is 0 Å². The number of hydrogen-bond donors (Lipinski definition) is 2. The summed E-state index contributed by atoms with van der Waals surface area (Å²) in [6.45, 7) is 2.74. The second kappa shape index (κ2) is 9.96. The van der Waals surface area contributed by atoms with Crippen molar-refractivity contribution in [1.82, 2.24) is 20.5 Å². The lowest BCUT2D eigenvalue weighted by atomic mass is 10.1. The molecule has 1 saturated heterocycles. The summed E-state index contributed by atoms with van der Waals surface area (Å²) in [5.41, 5.74) is 0.961. The molecule has 1 aromatic rings. The molecule has 2 amide bonds. The molecule has 2 N–H and O–H groups in total. The lowest BCUT2D eigenvalue weighted by molar-refractivity contribution is -0.145. The van der Waals surface area contributed by atoms with Crippen LogP contribution in [0.15, 0.2) is 24.5 Å². The summed E-state index contributed by atoms with van der Waals surface area (Å²) in [5, 5.41) is 6.02. The quantitative estimate of drug-likeness (QED) is 0.602. The molecule has 8 nitrogen and oxygen atoms in total. The van der Waals surface area contributed by atoms with Crippen LogP contribution in [0.3, 0.4) is 0 Å². The first-order chi connectivity index (χ1) is 11.7. The van der Waals surface area contributed by atoms with Crippen LogP contribution in [0.2, 0.25) is 0 Å². The second-order valence-corrected chi connectivity index (χ2v) is 5.43. The van der Waals surface area contributed by atoms with E-state index in [-0.39, 0.29) is 18.4 Å². The van der Waals surface area contributed by atoms with E-state index in [1.165, 1.54) is 0 Å². The Kier molecular flexibility index (Phi) is 7.60. The van der Waals surface area contributed by atoms with Crippen molar-refractivity contribution in [2.45, 2.75) is 12.6 Å². The van der Waals surface area contributed by atoms with Crippen LogP contribution >= 0.6 is 0 Å². The van der Waals surface area contributed by atoms with E-state index >= 15 is 0 Å². The van der Waals surface area contributed by atoms with Crippen molar-refractivity contribution < 1.29 is 19.1 Å². The van der Waals surface area contributed by atoms with Gasteiger partial charge in [-0.2, -0.15) is 0 Å². The van der Waals surface area contributed by atoms with Crippen molar-refractivity contribution in [3.63, 3.8) is 0 Å². The average molecular weight is 336 g/mol. The molecule has 0 bridgehead atoms. The molecule has 132 valence electrons. The van der Waals surface area contributed by atoms with Gasteiger partial charge in [0.1, 0.15) is 12.6 Å². The number of ether oxygens (including phenoxy) is 2. The highest BCUT2D eigenvalue weighted by Crippen LogP contribution is 2.06. The molecule has 0 aliphatic carbocycles. The predicted molar refractivity (Wildman–Crippen MR) is 87.1 cm³/mol. The molecule has 0 saturated carbocycles. The number of amides is 2. The van der Waals surface area contributed by atoms with Gasteiger partial charge < -0.3 is 25.0 Å². The van der Waals surface area contributed by atoms with Gasteiger partial charge in [0, 0.05) is 45.7 Å². The highest BCUT2D eigenvalue weighted by molar-refractivity contribution is 5.88. The van der Waals surface area contributed by atoms with Crippen LogP contribution in [-0.4, -0.2) is 74.3 Å². The third kappa shape index (κ3) is 5.55. The van der Waals surface area contributed by atoms with E-state index in [1.54, 1.807) is 24.4 Å². The Morgan fingerprint density at radius 3 is 2.92 bits per heavy atom. The molecule has 0 radical (unpaired) electrons. The van der Waals surface area contributed by atoms with Crippen LogP contribution in [0, 0.1) is 0 Å². The van der Waals surface area contributed by atoms with Gasteiger partial charge in [-0.3, -0.25) is 14.6 Å².